The zero-order valence-corrected chi connectivity index (χ0v) is 14.6. The molecule has 0 amide bonds. The Bertz CT molecular complexity index is 838. The van der Waals surface area contributed by atoms with Gasteiger partial charge in [-0.15, -0.1) is 0 Å². The number of amidine groups is 1. The monoisotopic (exact) mass is 372 g/mol. The van der Waals surface area contributed by atoms with Gasteiger partial charge in [0.2, 0.25) is 0 Å². The van der Waals surface area contributed by atoms with E-state index in [1.54, 1.807) is 6.07 Å². The molecule has 0 bridgehead atoms. The Morgan fingerprint density at radius 2 is 1.63 bits per heavy atom. The lowest BCUT2D eigenvalue weighted by atomic mass is 10.0. The Hall–Kier alpha value is -3.55. The van der Waals surface area contributed by atoms with Crippen LogP contribution in [-0.2, 0) is 9.59 Å². The molecule has 1 unspecified atom stereocenters. The molecule has 2 aromatic carbocycles. The van der Waals surface area contributed by atoms with Crippen LogP contribution in [0.1, 0.15) is 6.92 Å². The van der Waals surface area contributed by atoms with E-state index >= 15 is 0 Å². The lowest BCUT2D eigenvalue weighted by molar-refractivity contribution is -0.159. The molecule has 0 saturated heterocycles. The molecular formula is C19H20N2O6. The van der Waals surface area contributed by atoms with Gasteiger partial charge in [0, 0.05) is 17.7 Å². The molecule has 2 aromatic rings. The Balaban J connectivity index is 0.000000380. The maximum atomic E-state index is 10.0. The number of para-hydroxylation sites is 2. The summed E-state index contributed by atoms with van der Waals surface area (Å²) in [6.07, 6.45) is -0.139. The smallest absolute Gasteiger partial charge is 0.414 e. The molecule has 1 aliphatic heterocycles. The van der Waals surface area contributed by atoms with Crippen molar-refractivity contribution in [3.05, 3.63) is 48.5 Å². The van der Waals surface area contributed by atoms with Crippen LogP contribution >= 0.6 is 0 Å². The van der Waals surface area contributed by atoms with E-state index in [9.17, 15) is 5.11 Å². The average Bonchev–Trinajstić information content (AvgIpc) is 3.18. The van der Waals surface area contributed by atoms with Crippen LogP contribution in [0.2, 0.25) is 0 Å². The number of benzene rings is 2. The van der Waals surface area contributed by atoms with E-state index in [1.807, 2.05) is 49.4 Å². The van der Waals surface area contributed by atoms with Crippen LogP contribution in [0, 0.1) is 0 Å². The minimum Gasteiger partial charge on any atom is -0.507 e. The van der Waals surface area contributed by atoms with Crippen LogP contribution in [0.4, 0.5) is 0 Å². The molecular weight excluding hydrogens is 352 g/mol. The molecule has 8 heteroatoms. The average molecular weight is 372 g/mol. The minimum absolute atomic E-state index is 0.139. The first-order valence-corrected chi connectivity index (χ1v) is 8.18. The third-order valence-corrected chi connectivity index (χ3v) is 3.65. The first-order chi connectivity index (χ1) is 12.9. The molecule has 0 aromatic heterocycles. The Morgan fingerprint density at radius 1 is 1.04 bits per heavy atom. The number of hydrogen-bond acceptors (Lipinski definition) is 6. The number of phenols is 1. The van der Waals surface area contributed by atoms with Crippen molar-refractivity contribution in [3.63, 3.8) is 0 Å². The summed E-state index contributed by atoms with van der Waals surface area (Å²) in [6.45, 7) is 3.63. The van der Waals surface area contributed by atoms with Gasteiger partial charge in [-0.3, -0.25) is 4.99 Å². The fourth-order valence-corrected chi connectivity index (χ4v) is 2.43. The van der Waals surface area contributed by atoms with Gasteiger partial charge in [-0.05, 0) is 19.1 Å². The lowest BCUT2D eigenvalue weighted by Gasteiger charge is -2.18. The topological polar surface area (TPSA) is 128 Å². The number of carbonyl (C=O) groups is 2. The lowest BCUT2D eigenvalue weighted by Crippen LogP contribution is -2.33. The van der Waals surface area contributed by atoms with Crippen molar-refractivity contribution in [3.8, 4) is 22.6 Å². The SMILES string of the molecule is CC(Oc1ccccc1-c1ccccc1O)C1=NCCN1.O=C(O)C(=O)O. The standard InChI is InChI=1S/C17H18N2O2.C2H2O4/c1-12(17-18-10-11-19-17)21-16-9-5-3-7-14(16)13-6-2-4-8-15(13)20;3-1(4)2(5)6/h2-9,12,20H,10-11H2,1H3,(H,18,19);(H,3,4)(H,5,6). The summed E-state index contributed by atoms with van der Waals surface area (Å²) < 4.78 is 6.03. The van der Waals surface area contributed by atoms with Crippen LogP contribution in [0.15, 0.2) is 53.5 Å². The molecule has 0 aliphatic carbocycles. The van der Waals surface area contributed by atoms with E-state index in [-0.39, 0.29) is 11.9 Å². The molecule has 4 N–H and O–H groups in total. The van der Waals surface area contributed by atoms with Gasteiger partial charge < -0.3 is 25.4 Å². The van der Waals surface area contributed by atoms with E-state index in [2.05, 4.69) is 10.3 Å². The molecule has 1 atom stereocenters. The Kier molecular flexibility index (Phi) is 6.76. The van der Waals surface area contributed by atoms with Gasteiger partial charge in [0.25, 0.3) is 0 Å². The number of rotatable bonds is 4. The number of nitrogens with one attached hydrogen (secondary N) is 1. The molecule has 8 nitrogen and oxygen atoms in total. The number of phenolic OH excluding ortho intramolecular Hbond substituents is 1. The number of ether oxygens (including phenoxy) is 1. The summed E-state index contributed by atoms with van der Waals surface area (Å²) in [4.78, 5) is 22.6. The van der Waals surface area contributed by atoms with Crippen LogP contribution < -0.4 is 10.1 Å². The highest BCUT2D eigenvalue weighted by Gasteiger charge is 2.17. The molecule has 27 heavy (non-hydrogen) atoms. The number of aliphatic imine (C=N–C) groups is 1. The van der Waals surface area contributed by atoms with Crippen LogP contribution in [-0.4, -0.2) is 52.3 Å². The largest absolute Gasteiger partial charge is 0.507 e. The number of aliphatic carboxylic acids is 2. The van der Waals surface area contributed by atoms with E-state index in [0.717, 1.165) is 35.8 Å². The first-order valence-electron chi connectivity index (χ1n) is 8.18. The van der Waals surface area contributed by atoms with Gasteiger partial charge in [0.05, 0.1) is 6.54 Å². The summed E-state index contributed by atoms with van der Waals surface area (Å²) in [6, 6.07) is 15.0. The maximum Gasteiger partial charge on any atom is 0.414 e. The van der Waals surface area contributed by atoms with Crippen molar-refractivity contribution >= 4 is 17.8 Å². The van der Waals surface area contributed by atoms with Gasteiger partial charge in [0.15, 0.2) is 6.10 Å². The third-order valence-electron chi connectivity index (χ3n) is 3.65. The van der Waals surface area contributed by atoms with Crippen molar-refractivity contribution in [2.75, 3.05) is 13.1 Å². The van der Waals surface area contributed by atoms with Crippen LogP contribution in [0.3, 0.4) is 0 Å². The normalized spacial score (nSPS) is 13.4. The summed E-state index contributed by atoms with van der Waals surface area (Å²) >= 11 is 0. The summed E-state index contributed by atoms with van der Waals surface area (Å²) in [7, 11) is 0. The van der Waals surface area contributed by atoms with E-state index in [0.29, 0.717) is 0 Å². The first kappa shape index (κ1) is 19.8. The van der Waals surface area contributed by atoms with Crippen LogP contribution in [0.25, 0.3) is 11.1 Å². The third kappa shape index (κ3) is 5.46. The number of nitrogens with zero attached hydrogens (tertiary/aromatic N) is 1. The predicted octanol–water partition coefficient (Wildman–Crippen LogP) is 1.98. The van der Waals surface area contributed by atoms with Gasteiger partial charge in [-0.25, -0.2) is 9.59 Å². The van der Waals surface area contributed by atoms with Crippen molar-refractivity contribution in [2.24, 2.45) is 4.99 Å². The minimum atomic E-state index is -1.82. The summed E-state index contributed by atoms with van der Waals surface area (Å²) in [5.41, 5.74) is 1.64. The van der Waals surface area contributed by atoms with Crippen molar-refractivity contribution in [1.29, 1.82) is 0 Å². The molecule has 0 saturated carbocycles. The molecule has 0 fully saturated rings. The molecule has 1 aliphatic rings. The second kappa shape index (κ2) is 9.23. The molecule has 3 rings (SSSR count). The van der Waals surface area contributed by atoms with Gasteiger partial charge in [-0.1, -0.05) is 36.4 Å². The number of hydrogen-bond donors (Lipinski definition) is 4. The van der Waals surface area contributed by atoms with Crippen molar-refractivity contribution in [2.45, 2.75) is 13.0 Å². The van der Waals surface area contributed by atoms with Gasteiger partial charge >= 0.3 is 11.9 Å². The zero-order chi connectivity index (χ0) is 19.8. The summed E-state index contributed by atoms with van der Waals surface area (Å²) in [5, 5.41) is 28.0. The fraction of sp³-hybridized carbons (Fsp3) is 0.211. The van der Waals surface area contributed by atoms with E-state index < -0.39 is 11.9 Å². The van der Waals surface area contributed by atoms with Gasteiger partial charge in [-0.2, -0.15) is 0 Å². The number of carboxylic acids is 2. The zero-order valence-electron chi connectivity index (χ0n) is 14.6. The maximum absolute atomic E-state index is 10.0. The van der Waals surface area contributed by atoms with Crippen molar-refractivity contribution < 1.29 is 29.6 Å². The number of carboxylic acid groups (broad SMARTS) is 2. The molecule has 0 radical (unpaired) electrons. The quantitative estimate of drug-likeness (QED) is 0.604. The van der Waals surface area contributed by atoms with Crippen LogP contribution in [0.5, 0.6) is 11.5 Å². The molecule has 142 valence electrons. The highest BCUT2D eigenvalue weighted by molar-refractivity contribution is 6.27. The van der Waals surface area contributed by atoms with E-state index in [4.69, 9.17) is 24.5 Å². The highest BCUT2D eigenvalue weighted by Crippen LogP contribution is 2.35. The second-order valence-electron chi connectivity index (χ2n) is 5.58. The number of aromatic hydroxyl groups is 1. The molecule has 0 spiro atoms. The Labute approximate surface area is 155 Å². The Morgan fingerprint density at radius 3 is 2.19 bits per heavy atom. The fourth-order valence-electron chi connectivity index (χ4n) is 2.43. The van der Waals surface area contributed by atoms with Gasteiger partial charge in [0.1, 0.15) is 17.3 Å². The molecule has 1 heterocycles. The highest BCUT2D eigenvalue weighted by atomic mass is 16.5. The predicted molar refractivity (Wildman–Crippen MR) is 99.2 cm³/mol. The summed E-state index contributed by atoms with van der Waals surface area (Å²) in [5.74, 6) is -1.78. The second-order valence-corrected chi connectivity index (χ2v) is 5.58. The van der Waals surface area contributed by atoms with Crippen molar-refractivity contribution in [1.82, 2.24) is 5.32 Å². The van der Waals surface area contributed by atoms with E-state index in [1.165, 1.54) is 0 Å².